The minimum absolute atomic E-state index is 0.0461. The predicted molar refractivity (Wildman–Crippen MR) is 118 cm³/mol. The number of piperidine rings is 2. The Labute approximate surface area is 189 Å². The molecular weight excluding hydrogens is 433 g/mol. The van der Waals surface area contributed by atoms with Crippen LogP contribution in [-0.2, 0) is 4.79 Å². The molecule has 2 aliphatic rings. The molecule has 4 rings (SSSR count). The summed E-state index contributed by atoms with van der Waals surface area (Å²) in [6.45, 7) is 4.69. The van der Waals surface area contributed by atoms with Crippen molar-refractivity contribution in [1.82, 2.24) is 20.0 Å². The lowest BCUT2D eigenvalue weighted by molar-refractivity contribution is -0.138. The van der Waals surface area contributed by atoms with Crippen molar-refractivity contribution in [2.45, 2.75) is 32.6 Å². The van der Waals surface area contributed by atoms with Crippen LogP contribution in [0.3, 0.4) is 0 Å². The molecule has 32 heavy (non-hydrogen) atoms. The second kappa shape index (κ2) is 9.72. The van der Waals surface area contributed by atoms with Gasteiger partial charge in [0.25, 0.3) is 11.8 Å². The van der Waals surface area contributed by atoms with Crippen molar-refractivity contribution in [3.8, 4) is 0 Å². The Bertz CT molecular complexity index is 988. The molecule has 2 saturated heterocycles. The highest BCUT2D eigenvalue weighted by atomic mass is 32.1. The van der Waals surface area contributed by atoms with Gasteiger partial charge in [-0.05, 0) is 55.9 Å². The largest absolute Gasteiger partial charge is 0.342 e. The number of rotatable bonds is 4. The van der Waals surface area contributed by atoms with E-state index < -0.39 is 11.7 Å². The summed E-state index contributed by atoms with van der Waals surface area (Å²) in [5, 5.41) is 10.5. The van der Waals surface area contributed by atoms with Gasteiger partial charge in [0.05, 0.1) is 5.92 Å². The lowest BCUT2D eigenvalue weighted by Gasteiger charge is -2.37. The molecule has 0 bridgehead atoms. The molecule has 10 heteroatoms. The van der Waals surface area contributed by atoms with Gasteiger partial charge in [-0.2, -0.15) is 0 Å². The Morgan fingerprint density at radius 1 is 1.00 bits per heavy atom. The van der Waals surface area contributed by atoms with E-state index in [0.717, 1.165) is 50.1 Å². The number of nitrogens with zero attached hydrogens (tertiary/aromatic N) is 4. The van der Waals surface area contributed by atoms with E-state index in [-0.39, 0.29) is 27.7 Å². The number of halogens is 1. The maximum absolute atomic E-state index is 13.0. The maximum Gasteiger partial charge on any atom is 0.286 e. The van der Waals surface area contributed by atoms with E-state index in [0.29, 0.717) is 24.7 Å². The Hall–Kier alpha value is -2.88. The monoisotopic (exact) mass is 459 g/mol. The minimum Gasteiger partial charge on any atom is -0.342 e. The van der Waals surface area contributed by atoms with Crippen molar-refractivity contribution in [3.05, 3.63) is 40.1 Å². The van der Waals surface area contributed by atoms with Gasteiger partial charge in [-0.1, -0.05) is 18.3 Å². The zero-order valence-corrected chi connectivity index (χ0v) is 18.7. The van der Waals surface area contributed by atoms with Crippen LogP contribution >= 0.6 is 11.3 Å². The highest BCUT2D eigenvalue weighted by molar-refractivity contribution is 7.15. The van der Waals surface area contributed by atoms with E-state index in [4.69, 9.17) is 0 Å². The van der Waals surface area contributed by atoms with E-state index in [9.17, 15) is 18.8 Å². The molecule has 1 aromatic heterocycles. The number of amides is 3. The van der Waals surface area contributed by atoms with Crippen LogP contribution < -0.4 is 5.32 Å². The topological polar surface area (TPSA) is 95.5 Å². The summed E-state index contributed by atoms with van der Waals surface area (Å²) < 4.78 is 13.0. The Kier molecular flexibility index (Phi) is 6.78. The summed E-state index contributed by atoms with van der Waals surface area (Å²) in [5.41, 5.74) is 0.420. The van der Waals surface area contributed by atoms with Crippen LogP contribution in [0, 0.1) is 17.7 Å². The SMILES string of the molecule is CC1CCN(C(=O)[C@@H]2CCCN(C(=O)c3nnc(C(=O)Nc4ccc(F)cc4)s3)C2)CC1. The number of nitrogens with one attached hydrogen (secondary N) is 1. The van der Waals surface area contributed by atoms with Gasteiger partial charge >= 0.3 is 0 Å². The first-order valence-electron chi connectivity index (χ1n) is 10.9. The van der Waals surface area contributed by atoms with Crippen LogP contribution in [0.15, 0.2) is 24.3 Å². The number of aromatic nitrogens is 2. The van der Waals surface area contributed by atoms with E-state index >= 15 is 0 Å². The fraction of sp³-hybridized carbons (Fsp3) is 0.500. The summed E-state index contributed by atoms with van der Waals surface area (Å²) in [5.74, 6) is -0.649. The molecule has 2 fully saturated rings. The van der Waals surface area contributed by atoms with Gasteiger partial charge in [0, 0.05) is 31.9 Å². The Morgan fingerprint density at radius 3 is 2.41 bits per heavy atom. The molecule has 2 aliphatic heterocycles. The van der Waals surface area contributed by atoms with Gasteiger partial charge in [-0.25, -0.2) is 4.39 Å². The molecule has 0 radical (unpaired) electrons. The first-order chi connectivity index (χ1) is 15.4. The molecular formula is C22H26FN5O3S. The van der Waals surface area contributed by atoms with Crippen molar-refractivity contribution in [2.24, 2.45) is 11.8 Å². The summed E-state index contributed by atoms with van der Waals surface area (Å²) in [7, 11) is 0. The molecule has 1 N–H and O–H groups in total. The number of hydrogen-bond donors (Lipinski definition) is 1. The van der Waals surface area contributed by atoms with Crippen LogP contribution in [0.5, 0.6) is 0 Å². The highest BCUT2D eigenvalue weighted by Gasteiger charge is 2.33. The number of carbonyl (C=O) groups is 3. The fourth-order valence-corrected chi connectivity index (χ4v) is 4.81. The summed E-state index contributed by atoms with van der Waals surface area (Å²) in [4.78, 5) is 41.8. The smallest absolute Gasteiger partial charge is 0.286 e. The standard InChI is InChI=1S/C22H26FN5O3S/c1-14-8-11-27(12-9-14)21(30)15-3-2-10-28(13-15)22(31)20-26-25-19(32-20)18(29)24-17-6-4-16(23)5-7-17/h4-7,14-15H,2-3,8-13H2,1H3,(H,24,29)/t15-/m1/s1. The van der Waals surface area contributed by atoms with E-state index in [1.165, 1.54) is 24.3 Å². The van der Waals surface area contributed by atoms with Crippen molar-refractivity contribution in [3.63, 3.8) is 0 Å². The molecule has 1 atom stereocenters. The van der Waals surface area contributed by atoms with Crippen LogP contribution in [0.1, 0.15) is 52.2 Å². The summed E-state index contributed by atoms with van der Waals surface area (Å²) in [6, 6.07) is 5.36. The van der Waals surface area contributed by atoms with Crippen LogP contribution in [0.2, 0.25) is 0 Å². The lowest BCUT2D eigenvalue weighted by atomic mass is 9.93. The second-order valence-corrected chi connectivity index (χ2v) is 9.45. The molecule has 2 aromatic rings. The van der Waals surface area contributed by atoms with Crippen molar-refractivity contribution in [2.75, 3.05) is 31.5 Å². The first kappa shape index (κ1) is 22.3. The van der Waals surface area contributed by atoms with Crippen LogP contribution in [-0.4, -0.2) is 63.9 Å². The number of likely N-dealkylation sites (tertiary alicyclic amines) is 2. The second-order valence-electron chi connectivity index (χ2n) is 8.47. The molecule has 170 valence electrons. The zero-order valence-electron chi connectivity index (χ0n) is 17.9. The molecule has 0 saturated carbocycles. The predicted octanol–water partition coefficient (Wildman–Crippen LogP) is 3.04. The fourth-order valence-electron chi connectivity index (χ4n) is 4.10. The van der Waals surface area contributed by atoms with Gasteiger partial charge in [0.1, 0.15) is 5.82 Å². The molecule has 1 aromatic carbocycles. The molecule has 3 amide bonds. The van der Waals surface area contributed by atoms with Crippen LogP contribution in [0.25, 0.3) is 0 Å². The van der Waals surface area contributed by atoms with Crippen molar-refractivity contribution >= 4 is 34.7 Å². The highest BCUT2D eigenvalue weighted by Crippen LogP contribution is 2.25. The van der Waals surface area contributed by atoms with E-state index in [2.05, 4.69) is 22.4 Å². The molecule has 0 spiro atoms. The Balaban J connectivity index is 1.36. The number of anilines is 1. The lowest BCUT2D eigenvalue weighted by Crippen LogP contribution is -2.48. The molecule has 0 aliphatic carbocycles. The number of hydrogen-bond acceptors (Lipinski definition) is 6. The quantitative estimate of drug-likeness (QED) is 0.758. The van der Waals surface area contributed by atoms with Gasteiger partial charge in [0.15, 0.2) is 0 Å². The Morgan fingerprint density at radius 2 is 1.69 bits per heavy atom. The minimum atomic E-state index is -0.515. The number of benzene rings is 1. The van der Waals surface area contributed by atoms with Gasteiger partial charge in [0.2, 0.25) is 15.9 Å². The summed E-state index contributed by atoms with van der Waals surface area (Å²) >= 11 is 0.908. The molecule has 8 nitrogen and oxygen atoms in total. The van der Waals surface area contributed by atoms with Crippen molar-refractivity contribution < 1.29 is 18.8 Å². The van der Waals surface area contributed by atoms with Gasteiger partial charge in [-0.15, -0.1) is 10.2 Å². The first-order valence-corrected chi connectivity index (χ1v) is 11.7. The van der Waals surface area contributed by atoms with E-state index in [1.54, 1.807) is 4.90 Å². The average molecular weight is 460 g/mol. The third-order valence-electron chi connectivity index (χ3n) is 6.06. The molecule has 3 heterocycles. The van der Waals surface area contributed by atoms with Gasteiger partial charge in [-0.3, -0.25) is 14.4 Å². The third-order valence-corrected chi connectivity index (χ3v) is 6.97. The summed E-state index contributed by atoms with van der Waals surface area (Å²) in [6.07, 6.45) is 3.57. The van der Waals surface area contributed by atoms with Crippen LogP contribution in [0.4, 0.5) is 10.1 Å². The molecule has 0 unspecified atom stereocenters. The van der Waals surface area contributed by atoms with E-state index in [1.807, 2.05) is 4.90 Å². The third kappa shape index (κ3) is 5.12. The number of carbonyl (C=O) groups excluding carboxylic acids is 3. The average Bonchev–Trinajstić information content (AvgIpc) is 3.31. The maximum atomic E-state index is 13.0. The van der Waals surface area contributed by atoms with Gasteiger partial charge < -0.3 is 15.1 Å². The van der Waals surface area contributed by atoms with Crippen molar-refractivity contribution in [1.29, 1.82) is 0 Å². The normalized spacial score (nSPS) is 19.6. The zero-order chi connectivity index (χ0) is 22.7.